The zero-order chi connectivity index (χ0) is 20.3. The first-order valence-electron chi connectivity index (χ1n) is 9.62. The Balaban J connectivity index is 1.88. The van der Waals surface area contributed by atoms with Crippen LogP contribution in [0.4, 0.5) is 10.5 Å². The lowest BCUT2D eigenvalue weighted by Gasteiger charge is -2.30. The van der Waals surface area contributed by atoms with Crippen LogP contribution in [-0.2, 0) is 9.53 Å². The standard InChI is InChI=1S/C20H25Cl2N3O3/c1-2-15-16(19(26)28-10-11-6-4-3-5-7-11)18(25-20(27)24-15)12-8-13(21)17(23)14(22)9-12/h8-9,11,18H,2-7,10,23H2,1H3,(H2,24,25,27). The predicted molar refractivity (Wildman–Crippen MR) is 110 cm³/mol. The summed E-state index contributed by atoms with van der Waals surface area (Å²) in [6.07, 6.45) is 6.23. The lowest BCUT2D eigenvalue weighted by atomic mass is 9.90. The summed E-state index contributed by atoms with van der Waals surface area (Å²) in [5, 5.41) is 6.02. The summed E-state index contributed by atoms with van der Waals surface area (Å²) in [6.45, 7) is 2.26. The molecule has 0 aromatic heterocycles. The van der Waals surface area contributed by atoms with Crippen molar-refractivity contribution in [2.75, 3.05) is 12.3 Å². The maximum atomic E-state index is 13.0. The minimum absolute atomic E-state index is 0.258. The first kappa shape index (κ1) is 20.8. The SMILES string of the molecule is CCC1=C(C(=O)OCC2CCCCC2)C(c2cc(Cl)c(N)c(Cl)c2)NC(=O)N1. The van der Waals surface area contributed by atoms with Gasteiger partial charge < -0.3 is 21.1 Å². The summed E-state index contributed by atoms with van der Waals surface area (Å²) in [5.41, 5.74) is 7.56. The topological polar surface area (TPSA) is 93.4 Å². The molecule has 1 aromatic carbocycles. The van der Waals surface area contributed by atoms with E-state index in [2.05, 4.69) is 10.6 Å². The number of rotatable bonds is 5. The Morgan fingerprint density at radius 1 is 1.21 bits per heavy atom. The fourth-order valence-corrected chi connectivity index (χ4v) is 4.29. The average Bonchev–Trinajstić information content (AvgIpc) is 2.69. The highest BCUT2D eigenvalue weighted by Crippen LogP contribution is 2.36. The smallest absolute Gasteiger partial charge is 0.338 e. The minimum atomic E-state index is -0.710. The minimum Gasteiger partial charge on any atom is -0.462 e. The van der Waals surface area contributed by atoms with Crippen LogP contribution in [0, 0.1) is 5.92 Å². The van der Waals surface area contributed by atoms with Crippen molar-refractivity contribution in [3.63, 3.8) is 0 Å². The van der Waals surface area contributed by atoms with Crippen molar-refractivity contribution in [2.45, 2.75) is 51.5 Å². The molecule has 2 aliphatic rings. The van der Waals surface area contributed by atoms with E-state index in [4.69, 9.17) is 33.7 Å². The normalized spacial score (nSPS) is 20.5. The molecule has 152 valence electrons. The van der Waals surface area contributed by atoms with E-state index < -0.39 is 18.0 Å². The number of halogens is 2. The molecule has 1 aromatic rings. The van der Waals surface area contributed by atoms with Crippen molar-refractivity contribution in [3.8, 4) is 0 Å². The lowest BCUT2D eigenvalue weighted by molar-refractivity contribution is -0.141. The number of amides is 2. The van der Waals surface area contributed by atoms with E-state index >= 15 is 0 Å². The number of anilines is 1. The summed E-state index contributed by atoms with van der Waals surface area (Å²) in [6, 6.07) is 2.12. The molecule has 4 N–H and O–H groups in total. The third-order valence-electron chi connectivity index (χ3n) is 5.34. The highest BCUT2D eigenvalue weighted by molar-refractivity contribution is 6.38. The second-order valence-corrected chi connectivity index (χ2v) is 8.09. The molecule has 1 fully saturated rings. The number of hydrogen-bond acceptors (Lipinski definition) is 4. The van der Waals surface area contributed by atoms with Gasteiger partial charge in [-0.1, -0.05) is 49.4 Å². The van der Waals surface area contributed by atoms with Gasteiger partial charge in [-0.2, -0.15) is 0 Å². The molecule has 6 nitrogen and oxygen atoms in total. The second kappa shape index (κ2) is 9.05. The van der Waals surface area contributed by atoms with E-state index in [1.165, 1.54) is 19.3 Å². The number of nitrogens with two attached hydrogens (primary N) is 1. The van der Waals surface area contributed by atoms with E-state index in [1.54, 1.807) is 12.1 Å². The molecular weight excluding hydrogens is 401 g/mol. The van der Waals surface area contributed by atoms with E-state index in [0.717, 1.165) is 12.8 Å². The lowest BCUT2D eigenvalue weighted by Crippen LogP contribution is -2.46. The van der Waals surface area contributed by atoms with Crippen molar-refractivity contribution in [1.29, 1.82) is 0 Å². The molecule has 0 bridgehead atoms. The Hall–Kier alpha value is -1.92. The monoisotopic (exact) mass is 425 g/mol. The maximum Gasteiger partial charge on any atom is 0.338 e. The van der Waals surface area contributed by atoms with Crippen LogP contribution in [0.15, 0.2) is 23.4 Å². The Kier molecular flexibility index (Phi) is 6.73. The molecule has 8 heteroatoms. The van der Waals surface area contributed by atoms with Crippen LogP contribution in [0.1, 0.15) is 57.1 Å². The quantitative estimate of drug-likeness (QED) is 0.469. The van der Waals surface area contributed by atoms with Gasteiger partial charge in [0.1, 0.15) is 0 Å². The fourth-order valence-electron chi connectivity index (χ4n) is 3.78. The molecule has 1 heterocycles. The number of urea groups is 1. The Bertz CT molecular complexity index is 781. The van der Waals surface area contributed by atoms with Crippen molar-refractivity contribution < 1.29 is 14.3 Å². The van der Waals surface area contributed by atoms with Crippen molar-refractivity contribution in [2.24, 2.45) is 5.92 Å². The Labute approximate surface area is 174 Å². The average molecular weight is 426 g/mol. The molecular formula is C20H25Cl2N3O3. The van der Waals surface area contributed by atoms with Crippen molar-refractivity contribution in [3.05, 3.63) is 39.0 Å². The first-order valence-corrected chi connectivity index (χ1v) is 10.4. The first-order chi connectivity index (χ1) is 13.4. The Morgan fingerprint density at radius 2 is 1.86 bits per heavy atom. The molecule has 28 heavy (non-hydrogen) atoms. The molecule has 0 radical (unpaired) electrons. The van der Waals surface area contributed by atoms with Gasteiger partial charge in [-0.15, -0.1) is 0 Å². The molecule has 0 saturated heterocycles. The number of carbonyl (C=O) groups excluding carboxylic acids is 2. The number of nitrogens with one attached hydrogen (secondary N) is 2. The number of esters is 1. The number of benzene rings is 1. The summed E-state index contributed by atoms with van der Waals surface area (Å²) in [5.74, 6) is -0.0441. The van der Waals surface area contributed by atoms with Crippen LogP contribution in [0.2, 0.25) is 10.0 Å². The summed E-state index contributed by atoms with van der Waals surface area (Å²) < 4.78 is 5.65. The highest BCUT2D eigenvalue weighted by Gasteiger charge is 2.34. The molecule has 3 rings (SSSR count). The molecule has 1 unspecified atom stereocenters. The largest absolute Gasteiger partial charge is 0.462 e. The van der Waals surface area contributed by atoms with E-state index in [-0.39, 0.29) is 15.7 Å². The van der Waals surface area contributed by atoms with Crippen molar-refractivity contribution in [1.82, 2.24) is 10.6 Å². The number of allylic oxidation sites excluding steroid dienone is 1. The van der Waals surface area contributed by atoms with Crippen LogP contribution >= 0.6 is 23.2 Å². The van der Waals surface area contributed by atoms with Gasteiger partial charge in [0.15, 0.2) is 0 Å². The Morgan fingerprint density at radius 3 is 2.46 bits per heavy atom. The van der Waals surface area contributed by atoms with E-state index in [0.29, 0.717) is 35.8 Å². The number of hydrogen-bond donors (Lipinski definition) is 3. The van der Waals surface area contributed by atoms with Crippen LogP contribution in [0.3, 0.4) is 0 Å². The second-order valence-electron chi connectivity index (χ2n) is 7.28. The van der Waals surface area contributed by atoms with Gasteiger partial charge in [-0.3, -0.25) is 0 Å². The highest BCUT2D eigenvalue weighted by atomic mass is 35.5. The molecule has 1 aliphatic carbocycles. The van der Waals surface area contributed by atoms with Gasteiger partial charge in [-0.05, 0) is 42.9 Å². The third-order valence-corrected chi connectivity index (χ3v) is 5.96. The molecule has 1 atom stereocenters. The summed E-state index contributed by atoms with van der Waals surface area (Å²) in [7, 11) is 0. The van der Waals surface area contributed by atoms with Gasteiger partial charge in [-0.25, -0.2) is 9.59 Å². The van der Waals surface area contributed by atoms with Gasteiger partial charge >= 0.3 is 12.0 Å². The zero-order valence-electron chi connectivity index (χ0n) is 15.8. The van der Waals surface area contributed by atoms with Gasteiger partial charge in [0.25, 0.3) is 0 Å². The number of carbonyl (C=O) groups is 2. The van der Waals surface area contributed by atoms with Gasteiger partial charge in [0, 0.05) is 5.70 Å². The fraction of sp³-hybridized carbons (Fsp3) is 0.500. The number of nitrogen functional groups attached to an aromatic ring is 1. The third kappa shape index (κ3) is 4.55. The van der Waals surface area contributed by atoms with Gasteiger partial charge in [0.05, 0.1) is 34.0 Å². The number of ether oxygens (including phenoxy) is 1. The van der Waals surface area contributed by atoms with Crippen LogP contribution in [-0.4, -0.2) is 18.6 Å². The van der Waals surface area contributed by atoms with Crippen LogP contribution in [0.25, 0.3) is 0 Å². The molecule has 0 spiro atoms. The van der Waals surface area contributed by atoms with Gasteiger partial charge in [0.2, 0.25) is 0 Å². The maximum absolute atomic E-state index is 13.0. The summed E-state index contributed by atoms with van der Waals surface area (Å²) >= 11 is 12.3. The molecule has 1 saturated carbocycles. The van der Waals surface area contributed by atoms with Crippen molar-refractivity contribution >= 4 is 40.9 Å². The van der Waals surface area contributed by atoms with Crippen LogP contribution in [0.5, 0.6) is 0 Å². The predicted octanol–water partition coefficient (Wildman–Crippen LogP) is 4.72. The molecule has 2 amide bonds. The van der Waals surface area contributed by atoms with E-state index in [1.807, 2.05) is 6.92 Å². The van der Waals surface area contributed by atoms with Crippen LogP contribution < -0.4 is 16.4 Å². The van der Waals surface area contributed by atoms with E-state index in [9.17, 15) is 9.59 Å². The zero-order valence-corrected chi connectivity index (χ0v) is 17.3. The molecule has 1 aliphatic heterocycles. The summed E-state index contributed by atoms with van der Waals surface area (Å²) in [4.78, 5) is 25.1.